The number of aryl methyl sites for hydroxylation is 1. The molecule has 0 fully saturated rings. The summed E-state index contributed by atoms with van der Waals surface area (Å²) in [6.07, 6.45) is 0.713. The molecule has 0 unspecified atom stereocenters. The topological polar surface area (TPSA) is 111 Å². The van der Waals surface area contributed by atoms with Crippen LogP contribution in [-0.4, -0.2) is 27.5 Å². The Hall–Kier alpha value is -3.72. The maximum atomic E-state index is 12.5. The molecule has 186 valence electrons. The number of amides is 1. The van der Waals surface area contributed by atoms with Crippen molar-refractivity contribution in [3.05, 3.63) is 102 Å². The van der Waals surface area contributed by atoms with Crippen LogP contribution in [0.5, 0.6) is 5.75 Å². The quantitative estimate of drug-likeness (QED) is 0.282. The Morgan fingerprint density at radius 1 is 0.917 bits per heavy atom. The van der Waals surface area contributed by atoms with Gasteiger partial charge in [-0.1, -0.05) is 60.2 Å². The van der Waals surface area contributed by atoms with Crippen LogP contribution >= 0.6 is 0 Å². The van der Waals surface area contributed by atoms with Gasteiger partial charge in [-0.3, -0.25) is 4.79 Å². The van der Waals surface area contributed by atoms with E-state index in [1.807, 2.05) is 67.6 Å². The number of nitrogens with one attached hydrogen (secondary N) is 2. The third-order valence-electron chi connectivity index (χ3n) is 5.84. The molecule has 0 aliphatic heterocycles. The third kappa shape index (κ3) is 6.69. The molecule has 4 aromatic rings. The molecule has 0 saturated heterocycles. The summed E-state index contributed by atoms with van der Waals surface area (Å²) < 4.78 is 28.8. The van der Waals surface area contributed by atoms with Gasteiger partial charge < -0.3 is 15.4 Å². The second-order valence-electron chi connectivity index (χ2n) is 8.58. The minimum atomic E-state index is -3.70. The van der Waals surface area contributed by atoms with Gasteiger partial charge in [0.1, 0.15) is 5.75 Å². The van der Waals surface area contributed by atoms with Crippen LogP contribution in [0.4, 0.5) is 5.69 Å². The maximum absolute atomic E-state index is 12.5. The molecule has 7 nitrogen and oxygen atoms in total. The summed E-state index contributed by atoms with van der Waals surface area (Å²) in [5.41, 5.74) is 3.82. The summed E-state index contributed by atoms with van der Waals surface area (Å²) >= 11 is 0. The molecule has 0 aromatic heterocycles. The van der Waals surface area contributed by atoms with E-state index in [0.29, 0.717) is 25.3 Å². The molecule has 4 aromatic carbocycles. The van der Waals surface area contributed by atoms with Crippen molar-refractivity contribution < 1.29 is 17.9 Å². The Morgan fingerprint density at radius 2 is 1.64 bits per heavy atom. The molecule has 8 heteroatoms. The second-order valence-corrected chi connectivity index (χ2v) is 10.1. The molecular weight excluding hydrogens is 474 g/mol. The van der Waals surface area contributed by atoms with Crippen LogP contribution in [0.3, 0.4) is 0 Å². The first-order valence-corrected chi connectivity index (χ1v) is 13.2. The number of benzene rings is 4. The van der Waals surface area contributed by atoms with Gasteiger partial charge in [0.15, 0.2) is 6.61 Å². The molecule has 0 aliphatic carbocycles. The number of carbonyl (C=O) groups is 1. The monoisotopic (exact) mass is 503 g/mol. The summed E-state index contributed by atoms with van der Waals surface area (Å²) in [6.45, 7) is 3.11. The number of anilines is 1. The number of carbonyl (C=O) groups excluding carboxylic acids is 1. The molecule has 0 aliphatic rings. The molecule has 4 N–H and O–H groups in total. The van der Waals surface area contributed by atoms with Crippen molar-refractivity contribution in [3.63, 3.8) is 0 Å². The van der Waals surface area contributed by atoms with Gasteiger partial charge in [-0.2, -0.15) is 0 Å². The summed E-state index contributed by atoms with van der Waals surface area (Å²) in [4.78, 5) is 12.6. The van der Waals surface area contributed by atoms with E-state index in [9.17, 15) is 13.2 Å². The average Bonchev–Trinajstić information content (AvgIpc) is 2.87. The highest BCUT2D eigenvalue weighted by Crippen LogP contribution is 2.28. The molecule has 0 saturated carbocycles. The van der Waals surface area contributed by atoms with E-state index >= 15 is 0 Å². The largest absolute Gasteiger partial charge is 0.483 e. The van der Waals surface area contributed by atoms with Gasteiger partial charge in [0.2, 0.25) is 10.0 Å². The summed E-state index contributed by atoms with van der Waals surface area (Å²) in [5, 5.41) is 13.6. The average molecular weight is 504 g/mol. The molecule has 36 heavy (non-hydrogen) atoms. The zero-order valence-corrected chi connectivity index (χ0v) is 20.8. The van der Waals surface area contributed by atoms with Crippen molar-refractivity contribution in [3.8, 4) is 5.75 Å². The summed E-state index contributed by atoms with van der Waals surface area (Å²) in [5.74, 6) is 0.423. The Kier molecular flexibility index (Phi) is 8.00. The normalized spacial score (nSPS) is 11.4. The van der Waals surface area contributed by atoms with Crippen LogP contribution in [0.25, 0.3) is 10.8 Å². The van der Waals surface area contributed by atoms with Crippen molar-refractivity contribution in [2.24, 2.45) is 5.14 Å². The lowest BCUT2D eigenvalue weighted by Gasteiger charge is -2.15. The standard InChI is InChI=1S/C28H29N3O4S/c1-20-6-11-23(12-7-20)31-28(32)19-35-27-15-10-22-4-2-3-5-25(22)26(27)18-30-17-16-21-8-13-24(14-9-21)36(29,33)34/h2-15,30H,16-19H2,1H3,(H,31,32)(H2,29,33,34). The van der Waals surface area contributed by atoms with Crippen molar-refractivity contribution in [1.29, 1.82) is 0 Å². The fourth-order valence-electron chi connectivity index (χ4n) is 3.90. The zero-order valence-electron chi connectivity index (χ0n) is 20.0. The fraction of sp³-hybridized carbons (Fsp3) is 0.179. The number of hydrogen-bond donors (Lipinski definition) is 3. The Morgan fingerprint density at radius 3 is 2.36 bits per heavy atom. The van der Waals surface area contributed by atoms with E-state index in [0.717, 1.165) is 33.2 Å². The maximum Gasteiger partial charge on any atom is 0.262 e. The van der Waals surface area contributed by atoms with E-state index < -0.39 is 10.0 Å². The number of nitrogens with two attached hydrogens (primary N) is 1. The highest BCUT2D eigenvalue weighted by atomic mass is 32.2. The molecule has 0 atom stereocenters. The van der Waals surface area contributed by atoms with Gasteiger partial charge >= 0.3 is 0 Å². The first-order valence-electron chi connectivity index (χ1n) is 11.6. The molecule has 0 bridgehead atoms. The van der Waals surface area contributed by atoms with Crippen LogP contribution in [0.15, 0.2) is 89.8 Å². The van der Waals surface area contributed by atoms with E-state index in [1.54, 1.807) is 12.1 Å². The predicted octanol–water partition coefficient (Wildman–Crippen LogP) is 4.15. The number of ether oxygens (including phenoxy) is 1. The zero-order chi connectivity index (χ0) is 25.5. The van der Waals surface area contributed by atoms with Crippen molar-refractivity contribution in [2.45, 2.75) is 24.8 Å². The molecular formula is C28H29N3O4S. The van der Waals surface area contributed by atoms with Crippen molar-refractivity contribution in [2.75, 3.05) is 18.5 Å². The van der Waals surface area contributed by atoms with Gasteiger partial charge in [0, 0.05) is 17.8 Å². The molecule has 0 heterocycles. The lowest BCUT2D eigenvalue weighted by molar-refractivity contribution is -0.118. The number of hydrogen-bond acceptors (Lipinski definition) is 5. The first kappa shape index (κ1) is 25.4. The highest BCUT2D eigenvalue weighted by molar-refractivity contribution is 7.89. The Labute approximate surface area is 211 Å². The van der Waals surface area contributed by atoms with Crippen LogP contribution < -0.4 is 20.5 Å². The molecule has 1 amide bonds. The van der Waals surface area contributed by atoms with Crippen molar-refractivity contribution in [1.82, 2.24) is 5.32 Å². The molecule has 4 rings (SSSR count). The molecule has 0 radical (unpaired) electrons. The second kappa shape index (κ2) is 11.3. The van der Waals surface area contributed by atoms with Gasteiger partial charge in [0.05, 0.1) is 4.90 Å². The summed E-state index contributed by atoms with van der Waals surface area (Å²) in [7, 11) is -3.70. The Balaban J connectivity index is 1.40. The van der Waals surface area contributed by atoms with E-state index in [1.165, 1.54) is 12.1 Å². The van der Waals surface area contributed by atoms with Gasteiger partial charge in [-0.25, -0.2) is 13.6 Å². The van der Waals surface area contributed by atoms with Gasteiger partial charge in [-0.05, 0) is 66.6 Å². The number of sulfonamides is 1. The minimum Gasteiger partial charge on any atom is -0.483 e. The van der Waals surface area contributed by atoms with Crippen LogP contribution in [0.2, 0.25) is 0 Å². The smallest absolute Gasteiger partial charge is 0.262 e. The third-order valence-corrected chi connectivity index (χ3v) is 6.77. The SMILES string of the molecule is Cc1ccc(NC(=O)COc2ccc3ccccc3c2CNCCc2ccc(S(N)(=O)=O)cc2)cc1. The number of fused-ring (bicyclic) bond motifs is 1. The summed E-state index contributed by atoms with van der Waals surface area (Å²) in [6, 6.07) is 26.1. The number of primary sulfonamides is 1. The number of rotatable bonds is 10. The van der Waals surface area contributed by atoms with E-state index in [2.05, 4.69) is 10.6 Å². The minimum absolute atomic E-state index is 0.100. The van der Waals surface area contributed by atoms with Crippen LogP contribution in [0, 0.1) is 6.92 Å². The van der Waals surface area contributed by atoms with E-state index in [-0.39, 0.29) is 17.4 Å². The molecule has 0 spiro atoms. The van der Waals surface area contributed by atoms with Gasteiger partial charge in [-0.15, -0.1) is 0 Å². The highest BCUT2D eigenvalue weighted by Gasteiger charge is 2.12. The van der Waals surface area contributed by atoms with Gasteiger partial charge in [0.25, 0.3) is 5.91 Å². The van der Waals surface area contributed by atoms with Crippen LogP contribution in [-0.2, 0) is 27.8 Å². The Bertz CT molecular complexity index is 1450. The van der Waals surface area contributed by atoms with Crippen LogP contribution in [0.1, 0.15) is 16.7 Å². The van der Waals surface area contributed by atoms with E-state index in [4.69, 9.17) is 9.88 Å². The lowest BCUT2D eigenvalue weighted by atomic mass is 10.0. The predicted molar refractivity (Wildman–Crippen MR) is 142 cm³/mol. The fourth-order valence-corrected chi connectivity index (χ4v) is 4.42. The van der Waals surface area contributed by atoms with Crippen molar-refractivity contribution >= 4 is 32.4 Å². The first-order chi connectivity index (χ1) is 17.3. The lowest BCUT2D eigenvalue weighted by Crippen LogP contribution is -2.22.